The van der Waals surface area contributed by atoms with Crippen molar-refractivity contribution in [3.8, 4) is 22.8 Å². The van der Waals surface area contributed by atoms with Gasteiger partial charge in [0.25, 0.3) is 0 Å². The van der Waals surface area contributed by atoms with E-state index in [9.17, 15) is 0 Å². The molecule has 2 aromatic heterocycles. The van der Waals surface area contributed by atoms with Gasteiger partial charge in [0.2, 0.25) is 5.88 Å². The van der Waals surface area contributed by atoms with Gasteiger partial charge in [-0.05, 0) is 47.4 Å². The number of aromatic nitrogens is 2. The van der Waals surface area contributed by atoms with Crippen molar-refractivity contribution in [2.45, 2.75) is 13.5 Å². The van der Waals surface area contributed by atoms with Gasteiger partial charge in [0.05, 0.1) is 11.9 Å². The Morgan fingerprint density at radius 3 is 2.36 bits per heavy atom. The molecule has 4 nitrogen and oxygen atoms in total. The molecule has 28 heavy (non-hydrogen) atoms. The first-order valence-corrected chi connectivity index (χ1v) is 9.21. The monoisotopic (exact) mass is 367 g/mol. The lowest BCUT2D eigenvalue weighted by atomic mass is 10.1. The van der Waals surface area contributed by atoms with Crippen LogP contribution < -0.4 is 10.1 Å². The molecule has 0 radical (unpaired) electrons. The van der Waals surface area contributed by atoms with Crippen LogP contribution in [0.5, 0.6) is 11.6 Å². The molecule has 0 fully saturated rings. The Kier molecular flexibility index (Phi) is 5.29. The quantitative estimate of drug-likeness (QED) is 0.464. The zero-order chi connectivity index (χ0) is 19.2. The first kappa shape index (κ1) is 17.7. The van der Waals surface area contributed by atoms with Crippen molar-refractivity contribution < 1.29 is 4.74 Å². The molecule has 4 aromatic rings. The molecule has 0 bridgehead atoms. The SMILES string of the molecule is Cc1cc(Oc2ccc(-c3ccccc3)cc2)ncc1NCc1cccnc1. The lowest BCUT2D eigenvalue weighted by Crippen LogP contribution is -2.02. The Labute approximate surface area is 164 Å². The van der Waals surface area contributed by atoms with Gasteiger partial charge in [0.15, 0.2) is 0 Å². The highest BCUT2D eigenvalue weighted by molar-refractivity contribution is 5.64. The normalized spacial score (nSPS) is 10.5. The van der Waals surface area contributed by atoms with Crippen molar-refractivity contribution >= 4 is 5.69 Å². The van der Waals surface area contributed by atoms with E-state index in [0.717, 1.165) is 28.1 Å². The lowest BCUT2D eigenvalue weighted by molar-refractivity contribution is 0.462. The third-order valence-corrected chi connectivity index (χ3v) is 4.48. The maximum absolute atomic E-state index is 5.92. The first-order valence-electron chi connectivity index (χ1n) is 9.21. The molecule has 0 amide bonds. The molecule has 0 aliphatic carbocycles. The Morgan fingerprint density at radius 2 is 1.64 bits per heavy atom. The highest BCUT2D eigenvalue weighted by Gasteiger charge is 2.05. The van der Waals surface area contributed by atoms with Crippen LogP contribution in [-0.4, -0.2) is 9.97 Å². The van der Waals surface area contributed by atoms with E-state index in [4.69, 9.17) is 4.74 Å². The standard InChI is InChI=1S/C24H21N3O/c1-18-14-24(27-17-23(18)26-16-19-6-5-13-25-15-19)28-22-11-9-21(10-12-22)20-7-3-2-4-8-20/h2-15,17,26H,16H2,1H3. The molecule has 2 heterocycles. The van der Waals surface area contributed by atoms with Gasteiger partial charge in [-0.25, -0.2) is 4.98 Å². The summed E-state index contributed by atoms with van der Waals surface area (Å²) >= 11 is 0. The summed E-state index contributed by atoms with van der Waals surface area (Å²) in [5.41, 5.74) is 5.53. The van der Waals surface area contributed by atoms with Gasteiger partial charge in [-0.2, -0.15) is 0 Å². The highest BCUT2D eigenvalue weighted by atomic mass is 16.5. The van der Waals surface area contributed by atoms with Gasteiger partial charge >= 0.3 is 0 Å². The second kappa shape index (κ2) is 8.35. The average molecular weight is 367 g/mol. The largest absolute Gasteiger partial charge is 0.439 e. The minimum atomic E-state index is 0.580. The van der Waals surface area contributed by atoms with Crippen LogP contribution >= 0.6 is 0 Å². The fourth-order valence-electron chi connectivity index (χ4n) is 2.94. The van der Waals surface area contributed by atoms with Crippen LogP contribution in [0.3, 0.4) is 0 Å². The van der Waals surface area contributed by atoms with E-state index in [-0.39, 0.29) is 0 Å². The van der Waals surface area contributed by atoms with Gasteiger partial charge < -0.3 is 10.1 Å². The van der Waals surface area contributed by atoms with E-state index in [1.54, 1.807) is 12.4 Å². The van der Waals surface area contributed by atoms with Crippen LogP contribution in [0.2, 0.25) is 0 Å². The second-order valence-electron chi connectivity index (χ2n) is 6.54. The molecule has 0 atom stereocenters. The van der Waals surface area contributed by atoms with Crippen LogP contribution in [0.1, 0.15) is 11.1 Å². The van der Waals surface area contributed by atoms with E-state index in [1.165, 1.54) is 5.56 Å². The number of nitrogens with zero attached hydrogens (tertiary/aromatic N) is 2. The molecule has 4 heteroatoms. The molecule has 0 spiro atoms. The zero-order valence-corrected chi connectivity index (χ0v) is 15.7. The van der Waals surface area contributed by atoms with Crippen LogP contribution in [0.15, 0.2) is 91.4 Å². The Hall–Kier alpha value is -3.66. The van der Waals surface area contributed by atoms with Crippen LogP contribution in [0, 0.1) is 6.92 Å². The zero-order valence-electron chi connectivity index (χ0n) is 15.7. The number of pyridine rings is 2. The molecule has 1 N–H and O–H groups in total. The first-order chi connectivity index (χ1) is 13.8. The fraction of sp³-hybridized carbons (Fsp3) is 0.0833. The minimum absolute atomic E-state index is 0.580. The van der Waals surface area contributed by atoms with Crippen LogP contribution in [-0.2, 0) is 6.54 Å². The summed E-state index contributed by atoms with van der Waals surface area (Å²) in [6.07, 6.45) is 5.43. The van der Waals surface area contributed by atoms with E-state index in [1.807, 2.05) is 61.7 Å². The molecule has 0 saturated heterocycles. The molecular formula is C24H21N3O. The molecule has 4 rings (SSSR count). The van der Waals surface area contributed by atoms with Crippen molar-refractivity contribution in [2.75, 3.05) is 5.32 Å². The van der Waals surface area contributed by atoms with E-state index in [0.29, 0.717) is 12.4 Å². The molecule has 2 aromatic carbocycles. The topological polar surface area (TPSA) is 47.0 Å². The summed E-state index contributed by atoms with van der Waals surface area (Å²) in [5.74, 6) is 1.35. The summed E-state index contributed by atoms with van der Waals surface area (Å²) in [7, 11) is 0. The second-order valence-corrected chi connectivity index (χ2v) is 6.54. The summed E-state index contributed by atoms with van der Waals surface area (Å²) in [5, 5.41) is 3.39. The maximum atomic E-state index is 5.92. The summed E-state index contributed by atoms with van der Waals surface area (Å²) in [4.78, 5) is 8.56. The van der Waals surface area contributed by atoms with E-state index in [2.05, 4.69) is 39.6 Å². The van der Waals surface area contributed by atoms with Crippen molar-refractivity contribution in [1.82, 2.24) is 9.97 Å². The van der Waals surface area contributed by atoms with Crippen molar-refractivity contribution in [3.63, 3.8) is 0 Å². The summed E-state index contributed by atoms with van der Waals surface area (Å²) in [6, 6.07) is 24.2. The number of anilines is 1. The predicted octanol–water partition coefficient (Wildman–Crippen LogP) is 5.86. The van der Waals surface area contributed by atoms with E-state index < -0.39 is 0 Å². The van der Waals surface area contributed by atoms with Gasteiger partial charge in [0, 0.05) is 25.0 Å². The number of aryl methyl sites for hydroxylation is 1. The third-order valence-electron chi connectivity index (χ3n) is 4.48. The van der Waals surface area contributed by atoms with Gasteiger partial charge in [-0.1, -0.05) is 48.5 Å². The average Bonchev–Trinajstić information content (AvgIpc) is 2.75. The number of nitrogens with one attached hydrogen (secondary N) is 1. The Morgan fingerprint density at radius 1 is 0.857 bits per heavy atom. The number of hydrogen-bond acceptors (Lipinski definition) is 4. The third kappa shape index (κ3) is 4.35. The van der Waals surface area contributed by atoms with Crippen molar-refractivity contribution in [2.24, 2.45) is 0 Å². The minimum Gasteiger partial charge on any atom is -0.439 e. The van der Waals surface area contributed by atoms with Crippen molar-refractivity contribution in [3.05, 3.63) is 103 Å². The van der Waals surface area contributed by atoms with Gasteiger partial charge in [-0.15, -0.1) is 0 Å². The fourth-order valence-corrected chi connectivity index (χ4v) is 2.94. The predicted molar refractivity (Wildman–Crippen MR) is 112 cm³/mol. The number of rotatable bonds is 6. The molecule has 0 saturated carbocycles. The smallest absolute Gasteiger partial charge is 0.219 e. The summed E-state index contributed by atoms with van der Waals surface area (Å²) < 4.78 is 5.92. The summed E-state index contributed by atoms with van der Waals surface area (Å²) in [6.45, 7) is 2.75. The highest BCUT2D eigenvalue weighted by Crippen LogP contribution is 2.26. The molecular weight excluding hydrogens is 346 g/mol. The maximum Gasteiger partial charge on any atom is 0.219 e. The van der Waals surface area contributed by atoms with Crippen LogP contribution in [0.4, 0.5) is 5.69 Å². The lowest BCUT2D eigenvalue weighted by Gasteiger charge is -2.11. The number of hydrogen-bond donors (Lipinski definition) is 1. The molecule has 0 unspecified atom stereocenters. The van der Waals surface area contributed by atoms with Gasteiger partial charge in [-0.3, -0.25) is 4.98 Å². The molecule has 138 valence electrons. The van der Waals surface area contributed by atoms with Gasteiger partial charge in [0.1, 0.15) is 5.75 Å². The van der Waals surface area contributed by atoms with E-state index >= 15 is 0 Å². The molecule has 0 aliphatic heterocycles. The number of ether oxygens (including phenoxy) is 1. The molecule has 0 aliphatic rings. The van der Waals surface area contributed by atoms with Crippen molar-refractivity contribution in [1.29, 1.82) is 0 Å². The Bertz CT molecular complexity index is 1030. The van der Waals surface area contributed by atoms with Crippen LogP contribution in [0.25, 0.3) is 11.1 Å². The number of benzene rings is 2. The Balaban J connectivity index is 1.41.